The summed E-state index contributed by atoms with van der Waals surface area (Å²) in [4.78, 5) is 37.3. The first-order valence-electron chi connectivity index (χ1n) is 10.5. The summed E-state index contributed by atoms with van der Waals surface area (Å²) in [5, 5.41) is 14.3. The molecule has 0 bridgehead atoms. The Bertz CT molecular complexity index is 1320. The first kappa shape index (κ1) is 27.1. The van der Waals surface area contributed by atoms with Crippen LogP contribution in [0.2, 0.25) is 5.02 Å². The highest BCUT2D eigenvalue weighted by Gasteiger charge is 2.30. The van der Waals surface area contributed by atoms with Crippen molar-refractivity contribution in [1.82, 2.24) is 20.3 Å². The first-order chi connectivity index (χ1) is 17.1. The minimum absolute atomic E-state index is 0.00308. The second kappa shape index (κ2) is 11.9. The standard InChI is InChI=1S/C23H19ClF3N5O3S/c1-13(31-21(35)19-18(24)16(29-12-30-19)8-3-2-4-9-33)22-28-11-17(36-22)20(34)32-15-7-5-6-14(10-15)23(25,26)27/h5-7,10-13,33H,2,4,9H2,1H3,(H,31,35)(H,32,34). The van der Waals surface area contributed by atoms with Gasteiger partial charge in [-0.25, -0.2) is 15.0 Å². The number of rotatable bonds is 7. The predicted molar refractivity (Wildman–Crippen MR) is 128 cm³/mol. The van der Waals surface area contributed by atoms with Crippen molar-refractivity contribution in [3.63, 3.8) is 0 Å². The summed E-state index contributed by atoms with van der Waals surface area (Å²) in [6, 6.07) is 3.64. The molecule has 188 valence electrons. The van der Waals surface area contributed by atoms with E-state index in [4.69, 9.17) is 16.7 Å². The molecule has 2 aromatic heterocycles. The third-order valence-corrected chi connectivity index (χ3v) is 6.12. The molecular weight excluding hydrogens is 519 g/mol. The molecule has 13 heteroatoms. The Hall–Kier alpha value is -3.53. The molecule has 2 heterocycles. The van der Waals surface area contributed by atoms with Gasteiger partial charge in [-0.05, 0) is 37.5 Å². The molecule has 1 atom stereocenters. The average molecular weight is 538 g/mol. The number of benzene rings is 1. The zero-order chi connectivity index (χ0) is 26.3. The molecule has 1 unspecified atom stereocenters. The van der Waals surface area contributed by atoms with E-state index in [0.29, 0.717) is 17.8 Å². The van der Waals surface area contributed by atoms with Gasteiger partial charge in [0.15, 0.2) is 5.69 Å². The Balaban J connectivity index is 1.67. The maximum absolute atomic E-state index is 12.9. The SMILES string of the molecule is CC(NC(=O)c1ncnc(C#CCCCO)c1Cl)c1ncc(C(=O)Nc2cccc(C(F)(F)F)c2)s1. The van der Waals surface area contributed by atoms with Crippen molar-refractivity contribution in [1.29, 1.82) is 0 Å². The summed E-state index contributed by atoms with van der Waals surface area (Å²) in [6.45, 7) is 1.64. The van der Waals surface area contributed by atoms with Crippen LogP contribution < -0.4 is 10.6 Å². The zero-order valence-corrected chi connectivity index (χ0v) is 20.3. The van der Waals surface area contributed by atoms with Crippen LogP contribution in [-0.4, -0.2) is 38.5 Å². The van der Waals surface area contributed by atoms with Gasteiger partial charge in [-0.3, -0.25) is 9.59 Å². The van der Waals surface area contributed by atoms with Gasteiger partial charge in [0.1, 0.15) is 26.9 Å². The van der Waals surface area contributed by atoms with Crippen molar-refractivity contribution in [3.05, 3.63) is 68.6 Å². The number of alkyl halides is 3. The lowest BCUT2D eigenvalue weighted by Gasteiger charge is -2.11. The highest BCUT2D eigenvalue weighted by Crippen LogP contribution is 2.31. The van der Waals surface area contributed by atoms with Crippen molar-refractivity contribution in [2.24, 2.45) is 0 Å². The van der Waals surface area contributed by atoms with E-state index in [2.05, 4.69) is 37.4 Å². The van der Waals surface area contributed by atoms with Crippen LogP contribution in [0.5, 0.6) is 0 Å². The second-order valence-corrected chi connectivity index (χ2v) is 8.74. The maximum Gasteiger partial charge on any atom is 0.416 e. The summed E-state index contributed by atoms with van der Waals surface area (Å²) in [5.41, 5.74) is -0.821. The molecule has 3 aromatic rings. The number of amides is 2. The number of nitrogens with zero attached hydrogens (tertiary/aromatic N) is 3. The number of anilines is 1. The molecule has 36 heavy (non-hydrogen) atoms. The normalized spacial score (nSPS) is 11.8. The topological polar surface area (TPSA) is 117 Å². The fourth-order valence-electron chi connectivity index (χ4n) is 2.81. The number of hydrogen-bond donors (Lipinski definition) is 3. The lowest BCUT2D eigenvalue weighted by atomic mass is 10.2. The van der Waals surface area contributed by atoms with Crippen LogP contribution in [0, 0.1) is 11.8 Å². The number of thiazole rings is 1. The lowest BCUT2D eigenvalue weighted by Crippen LogP contribution is -2.28. The van der Waals surface area contributed by atoms with Crippen molar-refractivity contribution in [2.75, 3.05) is 11.9 Å². The average Bonchev–Trinajstić information content (AvgIpc) is 3.33. The van der Waals surface area contributed by atoms with Crippen LogP contribution in [0.25, 0.3) is 0 Å². The minimum atomic E-state index is -4.54. The highest BCUT2D eigenvalue weighted by atomic mass is 35.5. The molecule has 1 aromatic carbocycles. The fourth-order valence-corrected chi connectivity index (χ4v) is 3.86. The van der Waals surface area contributed by atoms with E-state index >= 15 is 0 Å². The summed E-state index contributed by atoms with van der Waals surface area (Å²) in [7, 11) is 0. The smallest absolute Gasteiger partial charge is 0.396 e. The van der Waals surface area contributed by atoms with Crippen LogP contribution >= 0.6 is 22.9 Å². The van der Waals surface area contributed by atoms with E-state index in [1.807, 2.05) is 0 Å². The second-order valence-electron chi connectivity index (χ2n) is 7.30. The molecule has 2 amide bonds. The van der Waals surface area contributed by atoms with Crippen LogP contribution in [0.15, 0.2) is 36.8 Å². The Morgan fingerprint density at radius 1 is 1.22 bits per heavy atom. The van der Waals surface area contributed by atoms with Crippen LogP contribution in [0.1, 0.15) is 62.2 Å². The number of aliphatic hydroxyl groups excluding tert-OH is 1. The number of hydrogen-bond acceptors (Lipinski definition) is 7. The van der Waals surface area contributed by atoms with Crippen molar-refractivity contribution in [3.8, 4) is 11.8 Å². The van der Waals surface area contributed by atoms with Crippen LogP contribution in [0.3, 0.4) is 0 Å². The maximum atomic E-state index is 12.9. The highest BCUT2D eigenvalue weighted by molar-refractivity contribution is 7.13. The van der Waals surface area contributed by atoms with Gasteiger partial charge in [-0.1, -0.05) is 23.6 Å². The number of aromatic nitrogens is 3. The summed E-state index contributed by atoms with van der Waals surface area (Å²) in [5.74, 6) is 4.28. The molecule has 3 rings (SSSR count). The van der Waals surface area contributed by atoms with E-state index in [1.165, 1.54) is 18.3 Å². The quantitative estimate of drug-likeness (QED) is 0.302. The third-order valence-electron chi connectivity index (χ3n) is 4.58. The van der Waals surface area contributed by atoms with Gasteiger partial charge in [-0.2, -0.15) is 13.2 Å². The van der Waals surface area contributed by atoms with E-state index in [0.717, 1.165) is 29.8 Å². The van der Waals surface area contributed by atoms with Crippen molar-refractivity contribution >= 4 is 40.4 Å². The minimum Gasteiger partial charge on any atom is -0.396 e. The monoisotopic (exact) mass is 537 g/mol. The molecule has 0 aliphatic carbocycles. The first-order valence-corrected chi connectivity index (χ1v) is 11.6. The number of nitrogens with one attached hydrogen (secondary N) is 2. The Morgan fingerprint density at radius 3 is 2.72 bits per heavy atom. The molecule has 0 spiro atoms. The Kier molecular flexibility index (Phi) is 8.98. The molecule has 0 aliphatic rings. The summed E-state index contributed by atoms with van der Waals surface area (Å²) in [6.07, 6.45) is -1.19. The summed E-state index contributed by atoms with van der Waals surface area (Å²) < 4.78 is 38.7. The van der Waals surface area contributed by atoms with Gasteiger partial charge >= 0.3 is 6.18 Å². The molecular formula is C23H19ClF3N5O3S. The van der Waals surface area contributed by atoms with Crippen molar-refractivity contribution in [2.45, 2.75) is 32.0 Å². The number of unbranched alkanes of at least 4 members (excludes halogenated alkanes) is 1. The number of carbonyl (C=O) groups excluding carboxylic acids is 2. The zero-order valence-electron chi connectivity index (χ0n) is 18.7. The lowest BCUT2D eigenvalue weighted by molar-refractivity contribution is -0.137. The fraction of sp³-hybridized carbons (Fsp3) is 0.261. The van der Waals surface area contributed by atoms with Gasteiger partial charge in [-0.15, -0.1) is 11.3 Å². The van der Waals surface area contributed by atoms with Gasteiger partial charge in [0.25, 0.3) is 11.8 Å². The summed E-state index contributed by atoms with van der Waals surface area (Å²) >= 11 is 7.20. The Morgan fingerprint density at radius 2 is 2.00 bits per heavy atom. The van der Waals surface area contributed by atoms with Gasteiger partial charge in [0.2, 0.25) is 0 Å². The molecule has 0 fully saturated rings. The van der Waals surface area contributed by atoms with Gasteiger partial charge in [0, 0.05) is 18.7 Å². The van der Waals surface area contributed by atoms with Gasteiger partial charge < -0.3 is 15.7 Å². The molecule has 0 saturated carbocycles. The van der Waals surface area contributed by atoms with Gasteiger partial charge in [0.05, 0.1) is 17.8 Å². The van der Waals surface area contributed by atoms with Crippen molar-refractivity contribution < 1.29 is 27.9 Å². The molecule has 0 aliphatic heterocycles. The Labute approximate surface area is 213 Å². The number of carbonyl (C=O) groups is 2. The molecule has 8 nitrogen and oxygen atoms in total. The van der Waals surface area contributed by atoms with E-state index < -0.39 is 29.6 Å². The van der Waals surface area contributed by atoms with E-state index in [1.54, 1.807) is 6.92 Å². The number of aliphatic hydroxyl groups is 1. The van der Waals surface area contributed by atoms with E-state index in [-0.39, 0.29) is 33.6 Å². The molecule has 0 radical (unpaired) electrons. The van der Waals surface area contributed by atoms with Crippen LogP contribution in [-0.2, 0) is 6.18 Å². The largest absolute Gasteiger partial charge is 0.416 e. The third kappa shape index (κ3) is 7.00. The molecule has 3 N–H and O–H groups in total. The molecule has 0 saturated heterocycles. The number of halogens is 4. The van der Waals surface area contributed by atoms with E-state index in [9.17, 15) is 22.8 Å². The predicted octanol–water partition coefficient (Wildman–Crippen LogP) is 4.47. The van der Waals surface area contributed by atoms with Crippen LogP contribution in [0.4, 0.5) is 18.9 Å².